The van der Waals surface area contributed by atoms with Crippen molar-refractivity contribution in [1.29, 1.82) is 0 Å². The molecular formula is C29H26FN3O4. The van der Waals surface area contributed by atoms with Crippen LogP contribution in [0.15, 0.2) is 54.6 Å². The van der Waals surface area contributed by atoms with Crippen molar-refractivity contribution in [1.82, 2.24) is 15.1 Å². The van der Waals surface area contributed by atoms with Crippen LogP contribution in [0.2, 0.25) is 0 Å². The van der Waals surface area contributed by atoms with Crippen LogP contribution in [-0.4, -0.2) is 52.6 Å². The number of imide groups is 2. The Bertz CT molecular complexity index is 1460. The summed E-state index contributed by atoms with van der Waals surface area (Å²) in [6.45, 7) is 2.37. The summed E-state index contributed by atoms with van der Waals surface area (Å²) in [4.78, 5) is 53.1. The largest absolute Gasteiger partial charge is 0.299 e. The number of likely N-dealkylation sites (tertiary alicyclic amines) is 1. The minimum Gasteiger partial charge on any atom is -0.299 e. The summed E-state index contributed by atoms with van der Waals surface area (Å²) in [7, 11) is 0. The van der Waals surface area contributed by atoms with Crippen molar-refractivity contribution in [3.63, 3.8) is 0 Å². The number of hydrogen-bond acceptors (Lipinski definition) is 5. The maximum Gasteiger partial charge on any atom is 0.262 e. The molecule has 188 valence electrons. The van der Waals surface area contributed by atoms with Crippen LogP contribution in [0.1, 0.15) is 63.4 Å². The van der Waals surface area contributed by atoms with Crippen LogP contribution >= 0.6 is 0 Å². The first kappa shape index (κ1) is 23.5. The van der Waals surface area contributed by atoms with Crippen molar-refractivity contribution in [2.45, 2.75) is 44.2 Å². The number of benzene rings is 3. The first-order valence-electron chi connectivity index (χ1n) is 12.6. The highest BCUT2D eigenvalue weighted by Gasteiger charge is 2.44. The standard InChI is InChI=1S/C29H26FN3O4/c30-24-6-2-4-20-19(3-1-5-21(20)24)18-11-13-32(14-12-18)16-17-7-8-22-23(15-17)29(37)33(28(22)36)25-9-10-26(34)31-27(25)35/h1-8,15,18,25H,9-14,16H2,(H,31,34,35). The Morgan fingerprint density at radius 1 is 0.838 bits per heavy atom. The summed E-state index contributed by atoms with van der Waals surface area (Å²) in [6.07, 6.45) is 2.13. The van der Waals surface area contributed by atoms with Gasteiger partial charge in [0.05, 0.1) is 11.1 Å². The lowest BCUT2D eigenvalue weighted by Crippen LogP contribution is -2.54. The molecule has 3 heterocycles. The predicted octanol–water partition coefficient (Wildman–Crippen LogP) is 3.76. The first-order chi connectivity index (χ1) is 17.9. The van der Waals surface area contributed by atoms with Crippen molar-refractivity contribution < 1.29 is 23.6 Å². The van der Waals surface area contributed by atoms with Crippen LogP contribution in [0, 0.1) is 5.82 Å². The van der Waals surface area contributed by atoms with E-state index in [1.165, 1.54) is 11.6 Å². The highest BCUT2D eigenvalue weighted by Crippen LogP contribution is 2.35. The van der Waals surface area contributed by atoms with Crippen LogP contribution in [0.3, 0.4) is 0 Å². The summed E-state index contributed by atoms with van der Waals surface area (Å²) in [6, 6.07) is 15.4. The van der Waals surface area contributed by atoms with Gasteiger partial charge in [0.1, 0.15) is 11.9 Å². The lowest BCUT2D eigenvalue weighted by molar-refractivity contribution is -0.136. The van der Waals surface area contributed by atoms with E-state index in [0.29, 0.717) is 29.0 Å². The van der Waals surface area contributed by atoms with E-state index in [4.69, 9.17) is 0 Å². The smallest absolute Gasteiger partial charge is 0.262 e. The number of rotatable bonds is 4. The van der Waals surface area contributed by atoms with Gasteiger partial charge in [-0.3, -0.25) is 34.3 Å². The fourth-order valence-corrected chi connectivity index (χ4v) is 5.93. The first-order valence-corrected chi connectivity index (χ1v) is 12.6. The fourth-order valence-electron chi connectivity index (χ4n) is 5.93. The molecule has 0 aliphatic carbocycles. The van der Waals surface area contributed by atoms with Gasteiger partial charge in [-0.1, -0.05) is 36.4 Å². The SMILES string of the molecule is O=C1CCC(N2C(=O)c3ccc(CN4CCC(c5cccc6c(F)cccc56)CC4)cc3C2=O)C(=O)N1. The van der Waals surface area contributed by atoms with E-state index in [1.807, 2.05) is 24.3 Å². The van der Waals surface area contributed by atoms with E-state index < -0.39 is 29.7 Å². The highest BCUT2D eigenvalue weighted by atomic mass is 19.1. The van der Waals surface area contributed by atoms with Gasteiger partial charge in [-0.05, 0) is 73.0 Å². The zero-order valence-corrected chi connectivity index (χ0v) is 20.2. The third-order valence-electron chi connectivity index (χ3n) is 7.84. The third-order valence-corrected chi connectivity index (χ3v) is 7.84. The molecule has 7 nitrogen and oxygen atoms in total. The Labute approximate surface area is 213 Å². The number of piperidine rings is 2. The maximum absolute atomic E-state index is 14.3. The number of nitrogens with zero attached hydrogens (tertiary/aromatic N) is 2. The molecule has 3 aliphatic rings. The summed E-state index contributed by atoms with van der Waals surface area (Å²) >= 11 is 0. The average Bonchev–Trinajstić information content (AvgIpc) is 3.14. The van der Waals surface area contributed by atoms with Crippen molar-refractivity contribution in [3.8, 4) is 0 Å². The molecule has 0 bridgehead atoms. The van der Waals surface area contributed by atoms with Crippen LogP contribution in [-0.2, 0) is 16.1 Å². The number of halogens is 1. The number of carbonyl (C=O) groups excluding carboxylic acids is 4. The van der Waals surface area contributed by atoms with E-state index >= 15 is 0 Å². The summed E-state index contributed by atoms with van der Waals surface area (Å²) in [5, 5.41) is 3.85. The molecule has 1 N–H and O–H groups in total. The Hall–Kier alpha value is -3.91. The third kappa shape index (κ3) is 4.11. The predicted molar refractivity (Wildman–Crippen MR) is 134 cm³/mol. The number of fused-ring (bicyclic) bond motifs is 2. The summed E-state index contributed by atoms with van der Waals surface area (Å²) in [5.41, 5.74) is 2.71. The second-order valence-electron chi connectivity index (χ2n) is 10.1. The molecule has 37 heavy (non-hydrogen) atoms. The van der Waals surface area contributed by atoms with E-state index in [0.717, 1.165) is 41.8 Å². The van der Waals surface area contributed by atoms with Gasteiger partial charge < -0.3 is 0 Å². The minimum atomic E-state index is -0.963. The van der Waals surface area contributed by atoms with Crippen LogP contribution in [0.25, 0.3) is 10.8 Å². The van der Waals surface area contributed by atoms with Gasteiger partial charge in [-0.25, -0.2) is 4.39 Å². The monoisotopic (exact) mass is 499 g/mol. The van der Waals surface area contributed by atoms with E-state index in [1.54, 1.807) is 18.2 Å². The number of carbonyl (C=O) groups is 4. The molecule has 3 aliphatic heterocycles. The molecule has 8 heteroatoms. The highest BCUT2D eigenvalue weighted by molar-refractivity contribution is 6.23. The van der Waals surface area contributed by atoms with Gasteiger partial charge in [-0.15, -0.1) is 0 Å². The number of amides is 4. The quantitative estimate of drug-likeness (QED) is 0.553. The molecule has 6 rings (SSSR count). The molecule has 1 atom stereocenters. The molecule has 1 unspecified atom stereocenters. The Morgan fingerprint density at radius 3 is 2.35 bits per heavy atom. The molecule has 3 aromatic rings. The molecule has 0 saturated carbocycles. The molecule has 0 aromatic heterocycles. The maximum atomic E-state index is 14.3. The van der Waals surface area contributed by atoms with Crippen molar-refractivity contribution in [3.05, 3.63) is 82.7 Å². The lowest BCUT2D eigenvalue weighted by atomic mass is 9.86. The zero-order chi connectivity index (χ0) is 25.7. The number of nitrogens with one attached hydrogen (secondary N) is 1. The van der Waals surface area contributed by atoms with Crippen LogP contribution in [0.5, 0.6) is 0 Å². The Morgan fingerprint density at radius 2 is 1.57 bits per heavy atom. The molecule has 2 saturated heterocycles. The summed E-state index contributed by atoms with van der Waals surface area (Å²) < 4.78 is 14.3. The minimum absolute atomic E-state index is 0.0960. The molecule has 0 spiro atoms. The van der Waals surface area contributed by atoms with Crippen molar-refractivity contribution in [2.75, 3.05) is 13.1 Å². The normalized spacial score (nSPS) is 21.0. The molecule has 4 amide bonds. The molecular weight excluding hydrogens is 473 g/mol. The number of hydrogen-bond donors (Lipinski definition) is 1. The molecule has 0 radical (unpaired) electrons. The lowest BCUT2D eigenvalue weighted by Gasteiger charge is -2.32. The average molecular weight is 500 g/mol. The van der Waals surface area contributed by atoms with Gasteiger partial charge in [0.15, 0.2) is 0 Å². The van der Waals surface area contributed by atoms with E-state index in [9.17, 15) is 23.6 Å². The van der Waals surface area contributed by atoms with Gasteiger partial charge in [0.25, 0.3) is 11.8 Å². The van der Waals surface area contributed by atoms with Crippen molar-refractivity contribution in [2.24, 2.45) is 0 Å². The van der Waals surface area contributed by atoms with Crippen LogP contribution < -0.4 is 5.32 Å². The topological polar surface area (TPSA) is 86.8 Å². The van der Waals surface area contributed by atoms with Crippen molar-refractivity contribution >= 4 is 34.4 Å². The van der Waals surface area contributed by atoms with Gasteiger partial charge >= 0.3 is 0 Å². The van der Waals surface area contributed by atoms with Gasteiger partial charge in [0, 0.05) is 18.4 Å². The molecule has 2 fully saturated rings. The summed E-state index contributed by atoms with van der Waals surface area (Å²) in [5.74, 6) is -1.83. The molecule has 3 aromatic carbocycles. The Kier molecular flexibility index (Phi) is 5.83. The fraction of sp³-hybridized carbons (Fsp3) is 0.310. The van der Waals surface area contributed by atoms with E-state index in [2.05, 4.69) is 16.3 Å². The van der Waals surface area contributed by atoms with E-state index in [-0.39, 0.29) is 18.7 Å². The zero-order valence-electron chi connectivity index (χ0n) is 20.2. The Balaban J connectivity index is 1.14. The second kappa shape index (κ2) is 9.19. The van der Waals surface area contributed by atoms with Gasteiger partial charge in [0.2, 0.25) is 11.8 Å². The van der Waals surface area contributed by atoms with Crippen LogP contribution in [0.4, 0.5) is 4.39 Å². The second-order valence-corrected chi connectivity index (χ2v) is 10.1. The van der Waals surface area contributed by atoms with Gasteiger partial charge in [-0.2, -0.15) is 0 Å².